The van der Waals surface area contributed by atoms with Gasteiger partial charge in [0.25, 0.3) is 0 Å². The summed E-state index contributed by atoms with van der Waals surface area (Å²) in [5.74, 6) is 2.65. The second-order valence-corrected chi connectivity index (χ2v) is 5.32. The lowest BCUT2D eigenvalue weighted by molar-refractivity contribution is 0.295. The van der Waals surface area contributed by atoms with Crippen molar-refractivity contribution in [1.82, 2.24) is 10.2 Å². The van der Waals surface area contributed by atoms with Crippen molar-refractivity contribution in [1.29, 1.82) is 0 Å². The summed E-state index contributed by atoms with van der Waals surface area (Å²) < 4.78 is 0. The number of nitrogens with one attached hydrogen (secondary N) is 1. The van der Waals surface area contributed by atoms with Crippen molar-refractivity contribution < 1.29 is 0 Å². The first-order chi connectivity index (χ1) is 6.83. The van der Waals surface area contributed by atoms with Crippen LogP contribution in [0.15, 0.2) is 0 Å². The van der Waals surface area contributed by atoms with Crippen LogP contribution in [-0.4, -0.2) is 48.6 Å². The molecule has 1 aliphatic rings. The summed E-state index contributed by atoms with van der Waals surface area (Å²) >= 11 is 2.08. The van der Waals surface area contributed by atoms with Crippen LogP contribution >= 0.6 is 11.8 Å². The lowest BCUT2D eigenvalue weighted by atomic mass is 10.2. The molecule has 0 radical (unpaired) electrons. The molecular weight excluding hydrogens is 192 g/mol. The molecule has 3 heteroatoms. The smallest absolute Gasteiger partial charge is 0.0108 e. The molecule has 0 aliphatic carbocycles. The summed E-state index contributed by atoms with van der Waals surface area (Å²) in [4.78, 5) is 2.57. The molecule has 1 aliphatic heterocycles. The first-order valence-electron chi connectivity index (χ1n) is 5.86. The monoisotopic (exact) mass is 216 g/mol. The Morgan fingerprint density at radius 2 is 2.07 bits per heavy atom. The molecule has 1 heterocycles. The van der Waals surface area contributed by atoms with Crippen LogP contribution in [0.4, 0.5) is 0 Å². The van der Waals surface area contributed by atoms with Crippen LogP contribution in [0.3, 0.4) is 0 Å². The summed E-state index contributed by atoms with van der Waals surface area (Å²) in [7, 11) is 0. The minimum atomic E-state index is 0.694. The molecule has 14 heavy (non-hydrogen) atoms. The molecule has 2 nitrogen and oxygen atoms in total. The second kappa shape index (κ2) is 7.55. The second-order valence-electron chi connectivity index (χ2n) is 4.10. The van der Waals surface area contributed by atoms with Gasteiger partial charge in [0.15, 0.2) is 0 Å². The van der Waals surface area contributed by atoms with Crippen LogP contribution in [0.1, 0.15) is 26.7 Å². The maximum absolute atomic E-state index is 3.58. The molecule has 1 atom stereocenters. The van der Waals surface area contributed by atoms with Gasteiger partial charge in [0.1, 0.15) is 0 Å². The zero-order valence-corrected chi connectivity index (χ0v) is 10.4. The summed E-state index contributed by atoms with van der Waals surface area (Å²) in [6.45, 7) is 9.50. The van der Waals surface area contributed by atoms with Gasteiger partial charge in [-0.1, -0.05) is 13.3 Å². The molecule has 0 bridgehead atoms. The van der Waals surface area contributed by atoms with Crippen LogP contribution < -0.4 is 5.32 Å². The number of nitrogens with zero attached hydrogens (tertiary/aromatic N) is 1. The number of rotatable bonds is 6. The normalized spacial score (nSPS) is 21.0. The number of hydrogen-bond donors (Lipinski definition) is 1. The topological polar surface area (TPSA) is 15.3 Å². The van der Waals surface area contributed by atoms with Gasteiger partial charge in [0, 0.05) is 43.7 Å². The van der Waals surface area contributed by atoms with Gasteiger partial charge >= 0.3 is 0 Å². The van der Waals surface area contributed by atoms with Crippen LogP contribution in [0.5, 0.6) is 0 Å². The van der Waals surface area contributed by atoms with Crippen molar-refractivity contribution in [2.24, 2.45) is 0 Å². The van der Waals surface area contributed by atoms with Crippen molar-refractivity contribution >= 4 is 11.8 Å². The fourth-order valence-corrected chi connectivity index (χ4v) is 2.81. The van der Waals surface area contributed by atoms with E-state index in [1.807, 2.05) is 0 Å². The highest BCUT2D eigenvalue weighted by atomic mass is 32.2. The van der Waals surface area contributed by atoms with Crippen LogP contribution in [0.25, 0.3) is 0 Å². The van der Waals surface area contributed by atoms with Gasteiger partial charge in [-0.25, -0.2) is 0 Å². The molecule has 0 spiro atoms. The van der Waals surface area contributed by atoms with Crippen LogP contribution in [0, 0.1) is 0 Å². The fraction of sp³-hybridized carbons (Fsp3) is 1.00. The Balaban J connectivity index is 1.96. The van der Waals surface area contributed by atoms with E-state index in [1.165, 1.54) is 44.0 Å². The first-order valence-corrected chi connectivity index (χ1v) is 7.02. The predicted octanol–water partition coefficient (Wildman–Crippen LogP) is 1.81. The average molecular weight is 216 g/mol. The number of thioether (sulfide) groups is 1. The average Bonchev–Trinajstić information content (AvgIpc) is 2.20. The van der Waals surface area contributed by atoms with E-state index in [1.54, 1.807) is 0 Å². The third-order valence-electron chi connectivity index (χ3n) is 2.75. The lowest BCUT2D eigenvalue weighted by Gasteiger charge is -2.26. The highest BCUT2D eigenvalue weighted by Crippen LogP contribution is 2.08. The third-order valence-corrected chi connectivity index (χ3v) is 3.69. The van der Waals surface area contributed by atoms with Gasteiger partial charge in [-0.2, -0.15) is 11.8 Å². The van der Waals surface area contributed by atoms with Gasteiger partial charge in [0.05, 0.1) is 0 Å². The first kappa shape index (κ1) is 12.3. The summed E-state index contributed by atoms with van der Waals surface area (Å²) in [5.41, 5.74) is 0. The SMILES string of the molecule is CCCC(C)NCCN1CCSCC1. The molecule has 1 saturated heterocycles. The van der Waals surface area contributed by atoms with Gasteiger partial charge in [-0.15, -0.1) is 0 Å². The molecular formula is C11H24N2S. The standard InChI is InChI=1S/C11H24N2S/c1-3-4-11(2)12-5-6-13-7-9-14-10-8-13/h11-12H,3-10H2,1-2H3. The van der Waals surface area contributed by atoms with Crippen molar-refractivity contribution in [2.45, 2.75) is 32.7 Å². The predicted molar refractivity (Wildman–Crippen MR) is 66.1 cm³/mol. The van der Waals surface area contributed by atoms with E-state index >= 15 is 0 Å². The molecule has 1 fully saturated rings. The van der Waals surface area contributed by atoms with Gasteiger partial charge in [-0.3, -0.25) is 0 Å². The molecule has 0 amide bonds. The maximum Gasteiger partial charge on any atom is 0.0108 e. The van der Waals surface area contributed by atoms with Crippen LogP contribution in [-0.2, 0) is 0 Å². The Hall–Kier alpha value is 0.270. The Morgan fingerprint density at radius 1 is 1.36 bits per heavy atom. The fourth-order valence-electron chi connectivity index (χ4n) is 1.83. The molecule has 0 aromatic carbocycles. The Morgan fingerprint density at radius 3 is 2.71 bits per heavy atom. The molecule has 1 unspecified atom stereocenters. The molecule has 0 saturated carbocycles. The van der Waals surface area contributed by atoms with Crippen LogP contribution in [0.2, 0.25) is 0 Å². The third kappa shape index (κ3) is 5.23. The van der Waals surface area contributed by atoms with E-state index in [0.717, 1.165) is 6.54 Å². The van der Waals surface area contributed by atoms with E-state index in [0.29, 0.717) is 6.04 Å². The van der Waals surface area contributed by atoms with Crippen molar-refractivity contribution in [3.05, 3.63) is 0 Å². The Labute approximate surface area is 92.8 Å². The van der Waals surface area contributed by atoms with Gasteiger partial charge < -0.3 is 10.2 Å². The van der Waals surface area contributed by atoms with E-state index in [2.05, 4.69) is 35.8 Å². The van der Waals surface area contributed by atoms with Gasteiger partial charge in [-0.05, 0) is 13.3 Å². The Kier molecular flexibility index (Phi) is 6.65. The summed E-state index contributed by atoms with van der Waals surface area (Å²) in [5, 5.41) is 3.58. The molecule has 1 N–H and O–H groups in total. The van der Waals surface area contributed by atoms with E-state index in [-0.39, 0.29) is 0 Å². The van der Waals surface area contributed by atoms with E-state index in [9.17, 15) is 0 Å². The molecule has 0 aromatic heterocycles. The highest BCUT2D eigenvalue weighted by molar-refractivity contribution is 7.99. The van der Waals surface area contributed by atoms with Crippen molar-refractivity contribution in [3.63, 3.8) is 0 Å². The lowest BCUT2D eigenvalue weighted by Crippen LogP contribution is -2.39. The van der Waals surface area contributed by atoms with Crippen molar-refractivity contribution in [2.75, 3.05) is 37.7 Å². The van der Waals surface area contributed by atoms with E-state index < -0.39 is 0 Å². The minimum Gasteiger partial charge on any atom is -0.313 e. The molecule has 84 valence electrons. The zero-order valence-electron chi connectivity index (χ0n) is 9.59. The maximum atomic E-state index is 3.58. The molecule has 0 aromatic rings. The Bertz CT molecular complexity index is 135. The highest BCUT2D eigenvalue weighted by Gasteiger charge is 2.09. The van der Waals surface area contributed by atoms with E-state index in [4.69, 9.17) is 0 Å². The largest absolute Gasteiger partial charge is 0.313 e. The van der Waals surface area contributed by atoms with Gasteiger partial charge in [0.2, 0.25) is 0 Å². The minimum absolute atomic E-state index is 0.694. The summed E-state index contributed by atoms with van der Waals surface area (Å²) in [6, 6.07) is 0.694. The summed E-state index contributed by atoms with van der Waals surface area (Å²) in [6.07, 6.45) is 2.59. The zero-order chi connectivity index (χ0) is 10.2. The quantitative estimate of drug-likeness (QED) is 0.729. The molecule has 1 rings (SSSR count). The number of hydrogen-bond acceptors (Lipinski definition) is 3. The van der Waals surface area contributed by atoms with Crippen molar-refractivity contribution in [3.8, 4) is 0 Å².